The Morgan fingerprint density at radius 3 is 2.82 bits per heavy atom. The van der Waals surface area contributed by atoms with Crippen LogP contribution in [0.3, 0.4) is 0 Å². The molecule has 1 amide bonds. The number of likely N-dealkylation sites (tertiary alicyclic amines) is 1. The summed E-state index contributed by atoms with van der Waals surface area (Å²) in [4.78, 5) is 23.9. The molecule has 0 aliphatic carbocycles. The van der Waals surface area contributed by atoms with Gasteiger partial charge < -0.3 is 4.90 Å². The number of pyridine rings is 1. The third kappa shape index (κ3) is 2.29. The van der Waals surface area contributed by atoms with E-state index in [1.807, 2.05) is 29.4 Å². The molecule has 5 nitrogen and oxygen atoms in total. The SMILES string of the molecule is O=C(c1ccccn1)N1CCC(c2csc3nccn23)CC1. The van der Waals surface area contributed by atoms with Crippen molar-refractivity contribution in [3.05, 3.63) is 53.6 Å². The lowest BCUT2D eigenvalue weighted by Crippen LogP contribution is -2.38. The second-order valence-electron chi connectivity index (χ2n) is 5.52. The molecule has 1 aliphatic heterocycles. The molecule has 0 saturated carbocycles. The van der Waals surface area contributed by atoms with E-state index in [1.54, 1.807) is 23.6 Å². The van der Waals surface area contributed by atoms with Gasteiger partial charge in [0.15, 0.2) is 4.96 Å². The lowest BCUT2D eigenvalue weighted by molar-refractivity contribution is 0.0706. The number of piperidine rings is 1. The Morgan fingerprint density at radius 2 is 2.05 bits per heavy atom. The Balaban J connectivity index is 1.47. The zero-order valence-corrected chi connectivity index (χ0v) is 12.9. The van der Waals surface area contributed by atoms with E-state index in [-0.39, 0.29) is 5.91 Å². The Morgan fingerprint density at radius 1 is 1.18 bits per heavy atom. The number of hydrogen-bond donors (Lipinski definition) is 0. The van der Waals surface area contributed by atoms with Gasteiger partial charge in [-0.3, -0.25) is 14.2 Å². The smallest absolute Gasteiger partial charge is 0.272 e. The highest BCUT2D eigenvalue weighted by Gasteiger charge is 2.26. The monoisotopic (exact) mass is 312 g/mol. The number of imidazole rings is 1. The Bertz CT molecular complexity index is 787. The van der Waals surface area contributed by atoms with Crippen molar-refractivity contribution in [1.82, 2.24) is 19.3 Å². The fraction of sp³-hybridized carbons (Fsp3) is 0.312. The predicted octanol–water partition coefficient (Wildman–Crippen LogP) is 2.81. The molecule has 0 unspecified atom stereocenters. The van der Waals surface area contributed by atoms with Crippen LogP contribution in [-0.4, -0.2) is 38.3 Å². The summed E-state index contributed by atoms with van der Waals surface area (Å²) in [5, 5.41) is 2.20. The molecular weight excluding hydrogens is 296 g/mol. The zero-order chi connectivity index (χ0) is 14.9. The summed E-state index contributed by atoms with van der Waals surface area (Å²) in [7, 11) is 0. The molecule has 1 saturated heterocycles. The Kier molecular flexibility index (Phi) is 3.38. The zero-order valence-electron chi connectivity index (χ0n) is 12.1. The molecule has 6 heteroatoms. The maximum absolute atomic E-state index is 12.4. The first kappa shape index (κ1) is 13.5. The van der Waals surface area contributed by atoms with Crippen molar-refractivity contribution >= 4 is 22.2 Å². The molecule has 3 aromatic rings. The van der Waals surface area contributed by atoms with Gasteiger partial charge in [0.25, 0.3) is 5.91 Å². The molecule has 0 radical (unpaired) electrons. The molecule has 1 aliphatic rings. The van der Waals surface area contributed by atoms with E-state index in [1.165, 1.54) is 5.69 Å². The van der Waals surface area contributed by atoms with Gasteiger partial charge in [0, 0.05) is 48.7 Å². The maximum atomic E-state index is 12.4. The lowest BCUT2D eigenvalue weighted by atomic mass is 9.94. The van der Waals surface area contributed by atoms with E-state index in [2.05, 4.69) is 19.7 Å². The number of carbonyl (C=O) groups excluding carboxylic acids is 1. The van der Waals surface area contributed by atoms with Crippen LogP contribution in [0, 0.1) is 0 Å². The average Bonchev–Trinajstić information content (AvgIpc) is 3.18. The minimum absolute atomic E-state index is 0.0390. The number of rotatable bonds is 2. The first-order valence-electron chi connectivity index (χ1n) is 7.43. The highest BCUT2D eigenvalue weighted by atomic mass is 32.1. The lowest BCUT2D eigenvalue weighted by Gasteiger charge is -2.31. The summed E-state index contributed by atoms with van der Waals surface area (Å²) in [5.41, 5.74) is 1.86. The van der Waals surface area contributed by atoms with E-state index >= 15 is 0 Å². The molecule has 0 N–H and O–H groups in total. The summed E-state index contributed by atoms with van der Waals surface area (Å²) in [6, 6.07) is 5.46. The fourth-order valence-corrected chi connectivity index (χ4v) is 4.00. The van der Waals surface area contributed by atoms with Crippen LogP contribution in [0.1, 0.15) is 34.9 Å². The first-order valence-corrected chi connectivity index (χ1v) is 8.31. The van der Waals surface area contributed by atoms with Gasteiger partial charge in [0.2, 0.25) is 0 Å². The first-order chi connectivity index (χ1) is 10.8. The molecule has 0 bridgehead atoms. The number of hydrogen-bond acceptors (Lipinski definition) is 4. The molecule has 0 spiro atoms. The standard InChI is InChI=1S/C16H16N4OS/c21-15(13-3-1-2-6-17-13)19-8-4-12(5-9-19)14-11-22-16-18-7-10-20(14)16/h1-3,6-7,10-12H,4-5,8-9H2. The third-order valence-corrected chi connectivity index (χ3v) is 5.13. The van der Waals surface area contributed by atoms with Gasteiger partial charge in [0.1, 0.15) is 5.69 Å². The second-order valence-corrected chi connectivity index (χ2v) is 6.36. The molecular formula is C16H16N4OS. The molecule has 0 aromatic carbocycles. The second kappa shape index (κ2) is 5.53. The van der Waals surface area contributed by atoms with Gasteiger partial charge in [0.05, 0.1) is 0 Å². The summed E-state index contributed by atoms with van der Waals surface area (Å²) < 4.78 is 2.17. The number of fused-ring (bicyclic) bond motifs is 1. The van der Waals surface area contributed by atoms with Crippen LogP contribution in [0.25, 0.3) is 4.96 Å². The summed E-state index contributed by atoms with van der Waals surface area (Å²) in [6.07, 6.45) is 7.51. The Hall–Kier alpha value is -2.21. The summed E-state index contributed by atoms with van der Waals surface area (Å²) in [5.74, 6) is 0.535. The normalized spacial score (nSPS) is 16.3. The molecule has 22 heavy (non-hydrogen) atoms. The van der Waals surface area contributed by atoms with Crippen molar-refractivity contribution in [1.29, 1.82) is 0 Å². The van der Waals surface area contributed by atoms with Crippen molar-refractivity contribution in [3.8, 4) is 0 Å². The van der Waals surface area contributed by atoms with Gasteiger partial charge in [-0.05, 0) is 25.0 Å². The largest absolute Gasteiger partial charge is 0.337 e. The predicted molar refractivity (Wildman–Crippen MR) is 85.2 cm³/mol. The van der Waals surface area contributed by atoms with E-state index in [0.717, 1.165) is 30.9 Å². The molecule has 0 atom stereocenters. The van der Waals surface area contributed by atoms with E-state index in [9.17, 15) is 4.79 Å². The van der Waals surface area contributed by atoms with Crippen molar-refractivity contribution in [2.24, 2.45) is 0 Å². The van der Waals surface area contributed by atoms with Crippen LogP contribution in [0.15, 0.2) is 42.2 Å². The van der Waals surface area contributed by atoms with Crippen LogP contribution in [-0.2, 0) is 0 Å². The summed E-state index contributed by atoms with van der Waals surface area (Å²) >= 11 is 1.68. The van der Waals surface area contributed by atoms with Crippen LogP contribution in [0.4, 0.5) is 0 Å². The van der Waals surface area contributed by atoms with Crippen molar-refractivity contribution in [2.45, 2.75) is 18.8 Å². The Labute approximate surface area is 132 Å². The van der Waals surface area contributed by atoms with Gasteiger partial charge >= 0.3 is 0 Å². The van der Waals surface area contributed by atoms with Crippen LogP contribution < -0.4 is 0 Å². The number of aromatic nitrogens is 3. The number of amides is 1. The number of thiazole rings is 1. The van der Waals surface area contributed by atoms with Gasteiger partial charge in [-0.25, -0.2) is 4.98 Å². The fourth-order valence-electron chi connectivity index (χ4n) is 3.07. The highest BCUT2D eigenvalue weighted by Crippen LogP contribution is 2.31. The van der Waals surface area contributed by atoms with Gasteiger partial charge in [-0.15, -0.1) is 11.3 Å². The third-order valence-electron chi connectivity index (χ3n) is 4.25. The minimum Gasteiger partial charge on any atom is -0.337 e. The van der Waals surface area contributed by atoms with E-state index in [4.69, 9.17) is 0 Å². The number of carbonyl (C=O) groups is 1. The van der Waals surface area contributed by atoms with Crippen LogP contribution in [0.2, 0.25) is 0 Å². The molecule has 4 heterocycles. The van der Waals surface area contributed by atoms with E-state index < -0.39 is 0 Å². The molecule has 3 aromatic heterocycles. The van der Waals surface area contributed by atoms with E-state index in [0.29, 0.717) is 11.6 Å². The van der Waals surface area contributed by atoms with Crippen molar-refractivity contribution in [2.75, 3.05) is 13.1 Å². The van der Waals surface area contributed by atoms with Crippen molar-refractivity contribution in [3.63, 3.8) is 0 Å². The molecule has 4 rings (SSSR count). The highest BCUT2D eigenvalue weighted by molar-refractivity contribution is 7.15. The average molecular weight is 312 g/mol. The van der Waals surface area contributed by atoms with Gasteiger partial charge in [-0.1, -0.05) is 6.07 Å². The topological polar surface area (TPSA) is 50.5 Å². The van der Waals surface area contributed by atoms with Crippen molar-refractivity contribution < 1.29 is 4.79 Å². The van der Waals surface area contributed by atoms with Crippen LogP contribution >= 0.6 is 11.3 Å². The maximum Gasteiger partial charge on any atom is 0.272 e. The molecule has 112 valence electrons. The minimum atomic E-state index is 0.0390. The summed E-state index contributed by atoms with van der Waals surface area (Å²) in [6.45, 7) is 1.57. The molecule has 1 fully saturated rings. The number of nitrogens with zero attached hydrogens (tertiary/aromatic N) is 4. The van der Waals surface area contributed by atoms with Crippen LogP contribution in [0.5, 0.6) is 0 Å². The quantitative estimate of drug-likeness (QED) is 0.731. The van der Waals surface area contributed by atoms with Gasteiger partial charge in [-0.2, -0.15) is 0 Å².